The number of aromatic hydroxyl groups is 1. The molecule has 0 bridgehead atoms. The highest BCUT2D eigenvalue weighted by Gasteiger charge is 2.21. The standard InChI is InChI=1S/C21H17NO5.C21H19NO3.C19H18O4.C9H9NO5.C9H11NO3.C8H7NO4.C7H5NO5/c23-21(27-15-17-9-5-2-6-10-17)18-11-19(22(24)25)13-20(12-18)26-14-16-7-3-1-4-8-16;22-19-11-18(21(23)25-15-17-9-5-2-6-10-17)12-20(13-19)24-14-16-7-3-1-4-8-16;1-3-9-22-18(20)16-10-14(2)11-17(12-16)19(21)23-13-15-7-5-4-6-8-15;1-14-8-4-6(9(11)15-2)3-7(5-8)10(12)13;1-12-8-4-6(9(11)13-2)3-7(10)5-8;2*9-6-2-4(7(10)11)1-5(3-6)8(12)13/h1-13H,14-15H2;1-13H,14-15,22H2;3-8,10-12H,1,9,13H2,2H3;3-5H,1-2H3;3-5H,10H2,1-2H3;1-3H,9H2,(H,10,11)(H,12,13);1-3,9H,(H,10,11). The molecule has 0 unspecified atom stereocenters. The summed E-state index contributed by atoms with van der Waals surface area (Å²) in [6.45, 7) is 6.55. The van der Waals surface area contributed by atoms with E-state index < -0.39 is 79.9 Å². The van der Waals surface area contributed by atoms with Crippen LogP contribution in [0.25, 0.3) is 0 Å². The first-order chi connectivity index (χ1) is 61.7. The van der Waals surface area contributed by atoms with E-state index in [1.165, 1.54) is 89.1 Å². The summed E-state index contributed by atoms with van der Waals surface area (Å²) in [4.78, 5) is 132. The van der Waals surface area contributed by atoms with E-state index in [0.717, 1.165) is 63.7 Å². The third-order valence-electron chi connectivity index (χ3n) is 16.7. The Balaban J connectivity index is 0.000000237. The van der Waals surface area contributed by atoms with Gasteiger partial charge in [-0.05, 0) is 119 Å². The zero-order chi connectivity index (χ0) is 94.5. The van der Waals surface area contributed by atoms with Gasteiger partial charge in [-0.15, -0.1) is 0 Å². The van der Waals surface area contributed by atoms with Crippen LogP contribution in [0.4, 0.5) is 34.1 Å². The van der Waals surface area contributed by atoms with Gasteiger partial charge in [0.25, 0.3) is 17.1 Å². The van der Waals surface area contributed by atoms with Crippen LogP contribution >= 0.6 is 0 Å². The number of carboxylic acids is 3. The van der Waals surface area contributed by atoms with Crippen LogP contribution in [0.2, 0.25) is 0 Å². The van der Waals surface area contributed by atoms with Crippen LogP contribution in [-0.4, -0.2) is 124 Å². The quantitative estimate of drug-likeness (QED) is 0.00598. The van der Waals surface area contributed by atoms with E-state index in [1.54, 1.807) is 49.4 Å². The number of nitro groups is 3. The van der Waals surface area contributed by atoms with Gasteiger partial charge in [0, 0.05) is 47.4 Å². The number of ether oxygens (including phenoxy) is 10. The number of nitrogen functional groups attached to an aromatic ring is 3. The number of anilines is 3. The maximum atomic E-state index is 12.3. The number of hydrogen-bond acceptors (Lipinski definition) is 29. The number of carbonyl (C=O) groups excluding carboxylic acids is 6. The van der Waals surface area contributed by atoms with Gasteiger partial charge in [-0.25, -0.2) is 43.2 Å². The van der Waals surface area contributed by atoms with Gasteiger partial charge in [-0.3, -0.25) is 30.3 Å². The minimum atomic E-state index is -1.32. The van der Waals surface area contributed by atoms with Crippen molar-refractivity contribution >= 4 is 87.8 Å². The lowest BCUT2D eigenvalue weighted by atomic mass is 10.1. The van der Waals surface area contributed by atoms with Gasteiger partial charge >= 0.3 is 53.7 Å². The number of phenols is 1. The van der Waals surface area contributed by atoms with Crippen LogP contribution in [0.3, 0.4) is 0 Å². The normalized spacial score (nSPS) is 9.87. The van der Waals surface area contributed by atoms with Crippen molar-refractivity contribution in [1.82, 2.24) is 0 Å². The van der Waals surface area contributed by atoms with Crippen molar-refractivity contribution in [2.24, 2.45) is 0 Å². The summed E-state index contributed by atoms with van der Waals surface area (Å²) in [6, 6.07) is 75.6. The molecular weight excluding hydrogens is 1680 g/mol. The molecule has 0 fully saturated rings. The smallest absolute Gasteiger partial charge is 0.338 e. The van der Waals surface area contributed by atoms with E-state index in [4.69, 9.17) is 75.5 Å². The second-order valence-corrected chi connectivity index (χ2v) is 26.4. The number of methoxy groups -OCH3 is 4. The number of benzene rings is 12. The Morgan fingerprint density at radius 2 is 0.589 bits per heavy atom. The third kappa shape index (κ3) is 35.3. The van der Waals surface area contributed by atoms with Crippen LogP contribution < -0.4 is 36.1 Å². The van der Waals surface area contributed by atoms with E-state index >= 15 is 0 Å². The molecule has 10 N–H and O–H groups in total. The fourth-order valence-corrected chi connectivity index (χ4v) is 10.6. The molecule has 0 spiro atoms. The zero-order valence-electron chi connectivity index (χ0n) is 69.7. The lowest BCUT2D eigenvalue weighted by Crippen LogP contribution is -2.10. The van der Waals surface area contributed by atoms with E-state index in [0.29, 0.717) is 51.7 Å². The van der Waals surface area contributed by atoms with Crippen molar-refractivity contribution in [3.63, 3.8) is 0 Å². The lowest BCUT2D eigenvalue weighted by molar-refractivity contribution is -0.385. The number of non-ortho nitro benzene ring substituents is 3. The summed E-state index contributed by atoms with van der Waals surface area (Å²) >= 11 is 0. The number of esters is 6. The Hall–Kier alpha value is -17.8. The summed E-state index contributed by atoms with van der Waals surface area (Å²) in [6.07, 6.45) is 1.49. The summed E-state index contributed by atoms with van der Waals surface area (Å²) < 4.78 is 51.0. The molecule has 12 aromatic rings. The van der Waals surface area contributed by atoms with Crippen LogP contribution in [0.1, 0.15) is 127 Å². The number of phenolic OH excluding ortho intramolecular Hbond substituents is 1. The molecule has 35 nitrogen and oxygen atoms in total. The first-order valence-corrected chi connectivity index (χ1v) is 37.8. The van der Waals surface area contributed by atoms with Gasteiger partial charge in [0.2, 0.25) is 0 Å². The highest BCUT2D eigenvalue weighted by atomic mass is 16.6. The van der Waals surface area contributed by atoms with Crippen molar-refractivity contribution in [3.05, 3.63) is 406 Å². The molecule has 0 aliphatic rings. The fraction of sp³-hybridized carbons (Fsp3) is 0.117. The topological polar surface area (TPSA) is 534 Å². The third-order valence-corrected chi connectivity index (χ3v) is 16.7. The van der Waals surface area contributed by atoms with Gasteiger partial charge in [-0.1, -0.05) is 164 Å². The number of rotatable bonds is 28. The first-order valence-electron chi connectivity index (χ1n) is 37.8. The molecule has 35 heteroatoms. The van der Waals surface area contributed by atoms with Gasteiger partial charge < -0.3 is 85.0 Å². The molecule has 12 aromatic carbocycles. The number of nitrogens with zero attached hydrogens (tertiary/aromatic N) is 3. The number of nitrogens with two attached hydrogens (primary N) is 3. The Bertz CT molecular complexity index is 5750. The van der Waals surface area contributed by atoms with Gasteiger partial charge in [0.1, 0.15) is 68.4 Å². The van der Waals surface area contributed by atoms with Gasteiger partial charge in [-0.2, -0.15) is 0 Å². The predicted molar refractivity (Wildman–Crippen MR) is 470 cm³/mol. The average molecular weight is 1760 g/mol. The molecule has 0 amide bonds. The molecule has 0 atom stereocenters. The Morgan fingerprint density at radius 1 is 0.326 bits per heavy atom. The Kier molecular flexibility index (Phi) is 40.2. The van der Waals surface area contributed by atoms with Crippen LogP contribution in [0.15, 0.2) is 292 Å². The van der Waals surface area contributed by atoms with Crippen LogP contribution in [0.5, 0.6) is 28.7 Å². The summed E-state index contributed by atoms with van der Waals surface area (Å²) in [5.74, 6) is -5.72. The molecule has 0 aliphatic carbocycles. The van der Waals surface area contributed by atoms with E-state index in [9.17, 15) is 73.5 Å². The highest BCUT2D eigenvalue weighted by molar-refractivity contribution is 5.97. The largest absolute Gasteiger partial charge is 0.508 e. The molecule has 0 aromatic heterocycles. The summed E-state index contributed by atoms with van der Waals surface area (Å²) in [5.41, 5.74) is 23.3. The van der Waals surface area contributed by atoms with E-state index in [1.807, 2.05) is 152 Å². The highest BCUT2D eigenvalue weighted by Crippen LogP contribution is 2.28. The Labute approximate surface area is 736 Å². The number of nitro benzene ring substituents is 3. The molecule has 0 heterocycles. The average Bonchev–Trinajstić information content (AvgIpc) is 0.838. The SMILES string of the molecule is C=CCOC(=O)c1cc(C)cc(C(=O)OCc2ccccc2)c1.COC(=O)c1cc(N)cc(OC)c1.COC(=O)c1cc(OC)cc([N+](=O)[O-])c1.Nc1cc(C(=O)O)cc(C(=O)O)c1.Nc1cc(OCc2ccccc2)cc(C(=O)OCc2ccccc2)c1.O=C(O)c1cc(O)cc([N+](=O)[O-])c1.O=C(OCc1ccccc1)c1cc(OCc2ccccc2)cc([N+](=O)[O-])c1. The Morgan fingerprint density at radius 3 is 0.946 bits per heavy atom. The van der Waals surface area contributed by atoms with Crippen molar-refractivity contribution < 1.29 is 126 Å². The van der Waals surface area contributed by atoms with Crippen LogP contribution in [-0.2, 0) is 61.5 Å². The lowest BCUT2D eigenvalue weighted by Gasteiger charge is -2.10. The molecule has 12 rings (SSSR count). The van der Waals surface area contributed by atoms with Crippen molar-refractivity contribution in [2.45, 2.75) is 40.0 Å². The molecule has 0 aliphatic heterocycles. The summed E-state index contributed by atoms with van der Waals surface area (Å²) in [5, 5.41) is 66.5. The van der Waals surface area contributed by atoms with Gasteiger partial charge in [0.05, 0.1) is 111 Å². The fourth-order valence-electron chi connectivity index (χ4n) is 10.6. The molecular formula is C94H86N6O29. The van der Waals surface area contributed by atoms with Crippen molar-refractivity contribution in [3.8, 4) is 28.7 Å². The monoisotopic (exact) mass is 1760 g/mol. The second-order valence-electron chi connectivity index (χ2n) is 26.4. The summed E-state index contributed by atoms with van der Waals surface area (Å²) in [7, 11) is 5.39. The number of hydrogen-bond donors (Lipinski definition) is 7. The molecule has 0 radical (unpaired) electrons. The van der Waals surface area contributed by atoms with E-state index in [-0.39, 0.29) is 89.4 Å². The first kappa shape index (κ1) is 100. The zero-order valence-corrected chi connectivity index (χ0v) is 69.7. The minimum absolute atomic E-state index is 0.0724. The number of carbonyl (C=O) groups is 9. The number of aromatic carboxylic acids is 3. The molecule has 129 heavy (non-hydrogen) atoms. The maximum absolute atomic E-state index is 12.3. The number of aryl methyl sites for hydroxylation is 1. The van der Waals surface area contributed by atoms with Crippen molar-refractivity contribution in [2.75, 3.05) is 52.2 Å². The minimum Gasteiger partial charge on any atom is -0.508 e. The second kappa shape index (κ2) is 51.9. The molecule has 0 saturated heterocycles. The van der Waals surface area contributed by atoms with Gasteiger partial charge in [0.15, 0.2) is 0 Å². The number of carboxylic acid groups (broad SMARTS) is 3. The van der Waals surface area contributed by atoms with E-state index in [2.05, 4.69) is 16.1 Å². The van der Waals surface area contributed by atoms with Crippen LogP contribution in [0, 0.1) is 37.3 Å². The molecule has 0 saturated carbocycles. The predicted octanol–water partition coefficient (Wildman–Crippen LogP) is 16.5. The molecule has 666 valence electrons. The maximum Gasteiger partial charge on any atom is 0.338 e. The van der Waals surface area contributed by atoms with Crippen molar-refractivity contribution in [1.29, 1.82) is 0 Å².